The van der Waals surface area contributed by atoms with Crippen LogP contribution in [0.1, 0.15) is 26.2 Å². The minimum absolute atomic E-state index is 0.0154. The van der Waals surface area contributed by atoms with Crippen molar-refractivity contribution in [1.82, 2.24) is 14.9 Å². The third kappa shape index (κ3) is 4.67. The lowest BCUT2D eigenvalue weighted by atomic mass is 9.71. The molecule has 9 heteroatoms. The van der Waals surface area contributed by atoms with Crippen molar-refractivity contribution in [2.24, 2.45) is 5.41 Å². The zero-order chi connectivity index (χ0) is 21.3. The SMILES string of the molecule is CC(=O)N1CC(O)CC2(CCN(c3cc(Sc4ccc(F)cc4)nc(N)n3)CC2)C1. The summed E-state index contributed by atoms with van der Waals surface area (Å²) in [7, 11) is 0. The summed E-state index contributed by atoms with van der Waals surface area (Å²) in [5.74, 6) is 0.706. The quantitative estimate of drug-likeness (QED) is 0.721. The molecule has 3 N–H and O–H groups in total. The fourth-order valence-electron chi connectivity index (χ4n) is 4.43. The molecule has 0 radical (unpaired) electrons. The summed E-state index contributed by atoms with van der Waals surface area (Å²) in [6, 6.07) is 8.15. The average Bonchev–Trinajstić information content (AvgIpc) is 2.69. The van der Waals surface area contributed by atoms with Crippen molar-refractivity contribution >= 4 is 29.4 Å². The maximum Gasteiger partial charge on any atom is 0.223 e. The molecule has 160 valence electrons. The molecule has 0 saturated carbocycles. The molecule has 1 aromatic heterocycles. The van der Waals surface area contributed by atoms with Crippen molar-refractivity contribution in [3.63, 3.8) is 0 Å². The third-order valence-electron chi connectivity index (χ3n) is 5.96. The van der Waals surface area contributed by atoms with E-state index in [0.717, 1.165) is 43.1 Å². The number of anilines is 2. The highest BCUT2D eigenvalue weighted by Gasteiger charge is 2.42. The fourth-order valence-corrected chi connectivity index (χ4v) is 5.25. The second-order valence-corrected chi connectivity index (χ2v) is 9.32. The number of β-amino-alcohol motifs (C(OH)–C–C–N with tert-alkyl or cyclic N) is 1. The fraction of sp³-hybridized carbons (Fsp3) is 0.476. The first-order valence-corrected chi connectivity index (χ1v) is 10.9. The number of hydrogen-bond donors (Lipinski definition) is 2. The van der Waals surface area contributed by atoms with E-state index in [0.29, 0.717) is 18.1 Å². The smallest absolute Gasteiger partial charge is 0.223 e. The van der Waals surface area contributed by atoms with E-state index in [-0.39, 0.29) is 23.1 Å². The van der Waals surface area contributed by atoms with Crippen LogP contribution in [-0.4, -0.2) is 58.2 Å². The Morgan fingerprint density at radius 1 is 1.27 bits per heavy atom. The van der Waals surface area contributed by atoms with Gasteiger partial charge in [0.1, 0.15) is 16.7 Å². The predicted octanol–water partition coefficient (Wildman–Crippen LogP) is 2.55. The molecule has 2 aliphatic rings. The molecule has 2 saturated heterocycles. The number of amides is 1. The van der Waals surface area contributed by atoms with Gasteiger partial charge in [0.2, 0.25) is 11.9 Å². The minimum Gasteiger partial charge on any atom is -0.391 e. The van der Waals surface area contributed by atoms with Crippen LogP contribution in [0.4, 0.5) is 16.2 Å². The zero-order valence-electron chi connectivity index (χ0n) is 16.9. The molecule has 4 rings (SSSR count). The van der Waals surface area contributed by atoms with Gasteiger partial charge in [-0.15, -0.1) is 0 Å². The highest BCUT2D eigenvalue weighted by Crippen LogP contribution is 2.41. The number of aromatic nitrogens is 2. The summed E-state index contributed by atoms with van der Waals surface area (Å²) < 4.78 is 13.1. The Morgan fingerprint density at radius 3 is 2.63 bits per heavy atom. The maximum absolute atomic E-state index is 13.1. The predicted molar refractivity (Wildman–Crippen MR) is 114 cm³/mol. The van der Waals surface area contributed by atoms with Crippen molar-refractivity contribution in [2.75, 3.05) is 36.8 Å². The molecular weight excluding hydrogens is 405 g/mol. The van der Waals surface area contributed by atoms with Gasteiger partial charge in [-0.05, 0) is 48.9 Å². The second kappa shape index (κ2) is 8.39. The second-order valence-electron chi connectivity index (χ2n) is 8.22. The summed E-state index contributed by atoms with van der Waals surface area (Å²) in [6.45, 7) is 4.23. The molecule has 0 bridgehead atoms. The first kappa shape index (κ1) is 20.9. The monoisotopic (exact) mass is 431 g/mol. The molecular formula is C21H26FN5O2S. The lowest BCUT2D eigenvalue weighted by Gasteiger charge is -2.49. The summed E-state index contributed by atoms with van der Waals surface area (Å²) in [5.41, 5.74) is 5.90. The van der Waals surface area contributed by atoms with Crippen LogP contribution < -0.4 is 10.6 Å². The van der Waals surface area contributed by atoms with E-state index >= 15 is 0 Å². The number of carbonyl (C=O) groups is 1. The lowest BCUT2D eigenvalue weighted by Crippen LogP contribution is -2.55. The van der Waals surface area contributed by atoms with Crippen LogP contribution in [-0.2, 0) is 4.79 Å². The highest BCUT2D eigenvalue weighted by atomic mass is 32.2. The van der Waals surface area contributed by atoms with Crippen molar-refractivity contribution in [1.29, 1.82) is 0 Å². The molecule has 7 nitrogen and oxygen atoms in total. The van der Waals surface area contributed by atoms with Gasteiger partial charge in [-0.3, -0.25) is 4.79 Å². The summed E-state index contributed by atoms with van der Waals surface area (Å²) in [6.07, 6.45) is 2.00. The average molecular weight is 432 g/mol. The van der Waals surface area contributed by atoms with Crippen LogP contribution in [0.2, 0.25) is 0 Å². The molecule has 30 heavy (non-hydrogen) atoms. The number of likely N-dealkylation sites (tertiary alicyclic amines) is 1. The number of nitrogens with two attached hydrogens (primary N) is 1. The van der Waals surface area contributed by atoms with Gasteiger partial charge in [0.15, 0.2) is 0 Å². The number of aliphatic hydroxyl groups is 1. The standard InChI is InChI=1S/C21H26FN5O2S/c1-14(28)27-12-16(29)11-21(13-27)6-8-26(9-7-21)18-10-19(25-20(23)24-18)30-17-4-2-15(22)3-5-17/h2-5,10,16,29H,6-9,11-13H2,1H3,(H2,23,24,25). The van der Waals surface area contributed by atoms with Crippen molar-refractivity contribution < 1.29 is 14.3 Å². The van der Waals surface area contributed by atoms with E-state index in [1.165, 1.54) is 23.9 Å². The van der Waals surface area contributed by atoms with Crippen LogP contribution >= 0.6 is 11.8 Å². The van der Waals surface area contributed by atoms with E-state index in [9.17, 15) is 14.3 Å². The number of nitrogen functional groups attached to an aromatic ring is 1. The number of piperidine rings is 2. The van der Waals surface area contributed by atoms with Crippen LogP contribution in [0.5, 0.6) is 0 Å². The van der Waals surface area contributed by atoms with Crippen LogP contribution in [0.15, 0.2) is 40.3 Å². The maximum atomic E-state index is 13.1. The van der Waals surface area contributed by atoms with Crippen molar-refractivity contribution in [3.05, 3.63) is 36.1 Å². The number of halogens is 1. The third-order valence-corrected chi connectivity index (χ3v) is 6.89. The van der Waals surface area contributed by atoms with Crippen molar-refractivity contribution in [3.8, 4) is 0 Å². The van der Waals surface area contributed by atoms with Gasteiger partial charge in [0, 0.05) is 44.1 Å². The minimum atomic E-state index is -0.470. The van der Waals surface area contributed by atoms with Crippen LogP contribution in [0.25, 0.3) is 0 Å². The summed E-state index contributed by atoms with van der Waals surface area (Å²) in [4.78, 5) is 25.4. The Hall–Kier alpha value is -2.39. The first-order chi connectivity index (χ1) is 14.3. The summed E-state index contributed by atoms with van der Waals surface area (Å²) in [5, 5.41) is 11.0. The van der Waals surface area contributed by atoms with E-state index in [4.69, 9.17) is 5.73 Å². The van der Waals surface area contributed by atoms with Gasteiger partial charge in [-0.25, -0.2) is 9.37 Å². The molecule has 2 aromatic rings. The van der Waals surface area contributed by atoms with Gasteiger partial charge in [0.05, 0.1) is 6.10 Å². The number of hydrogen-bond acceptors (Lipinski definition) is 7. The molecule has 1 atom stereocenters. The molecule has 1 amide bonds. The summed E-state index contributed by atoms with van der Waals surface area (Å²) >= 11 is 1.41. The number of aliphatic hydroxyl groups excluding tert-OH is 1. The normalized spacial score (nSPS) is 21.1. The van der Waals surface area contributed by atoms with E-state index in [2.05, 4.69) is 14.9 Å². The van der Waals surface area contributed by atoms with Crippen LogP contribution in [0.3, 0.4) is 0 Å². The van der Waals surface area contributed by atoms with Gasteiger partial charge >= 0.3 is 0 Å². The molecule has 0 aliphatic carbocycles. The Labute approximate surface area is 179 Å². The topological polar surface area (TPSA) is 95.6 Å². The number of nitrogens with zero attached hydrogens (tertiary/aromatic N) is 4. The van der Waals surface area contributed by atoms with Gasteiger partial charge < -0.3 is 20.6 Å². The Balaban J connectivity index is 1.46. The lowest BCUT2D eigenvalue weighted by molar-refractivity contribution is -0.137. The van der Waals surface area contributed by atoms with Crippen molar-refractivity contribution in [2.45, 2.75) is 42.2 Å². The molecule has 3 heterocycles. The van der Waals surface area contributed by atoms with Gasteiger partial charge in [-0.1, -0.05) is 11.8 Å². The highest BCUT2D eigenvalue weighted by molar-refractivity contribution is 7.99. The molecule has 1 aromatic carbocycles. The van der Waals surface area contributed by atoms with E-state index in [1.54, 1.807) is 24.0 Å². The zero-order valence-corrected chi connectivity index (χ0v) is 17.7. The largest absolute Gasteiger partial charge is 0.391 e. The molecule has 2 fully saturated rings. The van der Waals surface area contributed by atoms with Gasteiger partial charge in [-0.2, -0.15) is 4.98 Å². The van der Waals surface area contributed by atoms with Crippen LogP contribution in [0, 0.1) is 11.2 Å². The number of rotatable bonds is 3. The molecule has 1 unspecified atom stereocenters. The number of benzene rings is 1. The molecule has 2 aliphatic heterocycles. The molecule has 1 spiro atoms. The van der Waals surface area contributed by atoms with E-state index in [1.807, 2.05) is 6.07 Å². The van der Waals surface area contributed by atoms with E-state index < -0.39 is 6.10 Å². The Kier molecular flexibility index (Phi) is 5.84. The first-order valence-electron chi connectivity index (χ1n) is 10.1. The van der Waals surface area contributed by atoms with Gasteiger partial charge in [0.25, 0.3) is 0 Å². The number of carbonyl (C=O) groups excluding carboxylic acids is 1. The Bertz CT molecular complexity index is 918. The Morgan fingerprint density at radius 2 is 1.97 bits per heavy atom.